The second-order valence-corrected chi connectivity index (χ2v) is 6.09. The highest BCUT2D eigenvalue weighted by Gasteiger charge is 2.14. The van der Waals surface area contributed by atoms with Crippen molar-refractivity contribution in [1.29, 1.82) is 0 Å². The Kier molecular flexibility index (Phi) is 3.86. The van der Waals surface area contributed by atoms with E-state index in [0.29, 0.717) is 16.6 Å². The predicted octanol–water partition coefficient (Wildman–Crippen LogP) is 4.43. The number of ether oxygens (including phenoxy) is 1. The molecule has 0 amide bonds. The van der Waals surface area contributed by atoms with Crippen molar-refractivity contribution in [1.82, 2.24) is 19.8 Å². The molecule has 0 saturated carbocycles. The van der Waals surface area contributed by atoms with E-state index in [2.05, 4.69) is 15.3 Å². The van der Waals surface area contributed by atoms with Crippen LogP contribution in [0.1, 0.15) is 5.56 Å². The van der Waals surface area contributed by atoms with Crippen molar-refractivity contribution in [2.24, 2.45) is 0 Å². The van der Waals surface area contributed by atoms with E-state index >= 15 is 0 Å². The zero-order valence-electron chi connectivity index (χ0n) is 13.8. The van der Waals surface area contributed by atoms with Crippen LogP contribution in [0.4, 0.5) is 0 Å². The number of benzene rings is 2. The maximum absolute atomic E-state index is 6.43. The predicted molar refractivity (Wildman–Crippen MR) is 98.0 cm³/mol. The summed E-state index contributed by atoms with van der Waals surface area (Å²) in [5.74, 6) is 1.42. The monoisotopic (exact) mass is 350 g/mol. The highest BCUT2D eigenvalue weighted by Crippen LogP contribution is 2.29. The van der Waals surface area contributed by atoms with E-state index in [-0.39, 0.29) is 0 Å². The molecule has 4 rings (SSSR count). The molecule has 6 heteroatoms. The number of aromatic nitrogens is 4. The van der Waals surface area contributed by atoms with Crippen LogP contribution in [0.15, 0.2) is 54.6 Å². The van der Waals surface area contributed by atoms with Crippen LogP contribution >= 0.6 is 11.6 Å². The van der Waals surface area contributed by atoms with E-state index in [4.69, 9.17) is 16.3 Å². The van der Waals surface area contributed by atoms with E-state index in [1.165, 1.54) is 5.56 Å². The molecule has 0 aliphatic heterocycles. The van der Waals surface area contributed by atoms with Crippen LogP contribution < -0.4 is 4.74 Å². The number of rotatable bonds is 3. The lowest BCUT2D eigenvalue weighted by molar-refractivity contribution is 0.415. The number of hydrogen-bond acceptors (Lipinski definition) is 4. The SMILES string of the molecule is COc1ccc(-c2nnc3cc(-c4ccc(C)cc4)c(Cl)nn23)cc1. The second kappa shape index (κ2) is 6.18. The molecule has 0 saturated heterocycles. The van der Waals surface area contributed by atoms with Gasteiger partial charge in [-0.25, -0.2) is 0 Å². The van der Waals surface area contributed by atoms with Gasteiger partial charge < -0.3 is 4.74 Å². The van der Waals surface area contributed by atoms with E-state index in [1.807, 2.05) is 61.5 Å². The van der Waals surface area contributed by atoms with Crippen molar-refractivity contribution in [2.45, 2.75) is 6.92 Å². The minimum absolute atomic E-state index is 0.408. The summed E-state index contributed by atoms with van der Waals surface area (Å²) >= 11 is 6.43. The smallest absolute Gasteiger partial charge is 0.185 e. The summed E-state index contributed by atoms with van der Waals surface area (Å²) in [6, 6.07) is 17.6. The first kappa shape index (κ1) is 15.6. The van der Waals surface area contributed by atoms with Crippen LogP contribution in [-0.4, -0.2) is 26.9 Å². The lowest BCUT2D eigenvalue weighted by Crippen LogP contribution is -1.97. The number of aryl methyl sites for hydroxylation is 1. The quantitative estimate of drug-likeness (QED) is 0.548. The van der Waals surface area contributed by atoms with Crippen molar-refractivity contribution >= 4 is 17.2 Å². The summed E-state index contributed by atoms with van der Waals surface area (Å²) in [7, 11) is 1.63. The first-order valence-electron chi connectivity index (χ1n) is 7.79. The van der Waals surface area contributed by atoms with Crippen LogP contribution in [-0.2, 0) is 0 Å². The minimum atomic E-state index is 0.408. The third kappa shape index (κ3) is 2.83. The zero-order valence-corrected chi connectivity index (χ0v) is 14.5. The summed E-state index contributed by atoms with van der Waals surface area (Å²) in [5, 5.41) is 13.4. The molecular weight excluding hydrogens is 336 g/mol. The summed E-state index contributed by atoms with van der Waals surface area (Å²) in [6.07, 6.45) is 0. The number of hydrogen-bond donors (Lipinski definition) is 0. The molecule has 0 bridgehead atoms. The molecule has 0 aliphatic rings. The fraction of sp³-hybridized carbons (Fsp3) is 0.105. The molecule has 25 heavy (non-hydrogen) atoms. The van der Waals surface area contributed by atoms with Gasteiger partial charge in [-0.3, -0.25) is 0 Å². The second-order valence-electron chi connectivity index (χ2n) is 5.74. The van der Waals surface area contributed by atoms with Gasteiger partial charge in [0.2, 0.25) is 0 Å². The molecule has 0 N–H and O–H groups in total. The Morgan fingerprint density at radius 2 is 1.60 bits per heavy atom. The standard InChI is InChI=1S/C19H15ClN4O/c1-12-3-5-13(6-4-12)16-11-17-21-22-19(24(17)23-18(16)20)14-7-9-15(25-2)10-8-14/h3-11H,1-2H3. The van der Waals surface area contributed by atoms with Gasteiger partial charge in [0.15, 0.2) is 16.6 Å². The van der Waals surface area contributed by atoms with Gasteiger partial charge in [0.1, 0.15) is 5.75 Å². The molecule has 0 aliphatic carbocycles. The summed E-state index contributed by atoms with van der Waals surface area (Å²) in [4.78, 5) is 0. The molecule has 5 nitrogen and oxygen atoms in total. The lowest BCUT2D eigenvalue weighted by Gasteiger charge is -2.06. The van der Waals surface area contributed by atoms with Crippen molar-refractivity contribution in [3.05, 3.63) is 65.3 Å². The van der Waals surface area contributed by atoms with Gasteiger partial charge in [-0.1, -0.05) is 41.4 Å². The van der Waals surface area contributed by atoms with Gasteiger partial charge in [0, 0.05) is 11.1 Å². The third-order valence-electron chi connectivity index (χ3n) is 4.06. The molecule has 2 heterocycles. The average Bonchev–Trinajstić information content (AvgIpc) is 3.04. The Hall–Kier alpha value is -2.92. The molecule has 0 fully saturated rings. The maximum atomic E-state index is 6.43. The average molecular weight is 351 g/mol. The summed E-state index contributed by atoms with van der Waals surface area (Å²) in [5.41, 5.74) is 4.56. The minimum Gasteiger partial charge on any atom is -0.497 e. The van der Waals surface area contributed by atoms with E-state index in [9.17, 15) is 0 Å². The van der Waals surface area contributed by atoms with Gasteiger partial charge in [-0.2, -0.15) is 9.61 Å². The number of halogens is 1. The third-order valence-corrected chi connectivity index (χ3v) is 4.34. The van der Waals surface area contributed by atoms with Crippen molar-refractivity contribution in [3.8, 4) is 28.3 Å². The van der Waals surface area contributed by atoms with Crippen LogP contribution in [0.3, 0.4) is 0 Å². The van der Waals surface area contributed by atoms with Gasteiger partial charge in [-0.05, 0) is 42.8 Å². The molecule has 0 atom stereocenters. The molecule has 0 unspecified atom stereocenters. The Labute approximate surface area is 149 Å². The molecular formula is C19H15ClN4O. The number of fused-ring (bicyclic) bond motifs is 1. The Bertz CT molecular complexity index is 1040. The van der Waals surface area contributed by atoms with Gasteiger partial charge in [-0.15, -0.1) is 10.2 Å². The molecule has 4 aromatic rings. The summed E-state index contributed by atoms with van der Waals surface area (Å²) < 4.78 is 6.84. The van der Waals surface area contributed by atoms with Gasteiger partial charge >= 0.3 is 0 Å². The van der Waals surface area contributed by atoms with Crippen LogP contribution in [0.25, 0.3) is 28.2 Å². The summed E-state index contributed by atoms with van der Waals surface area (Å²) in [6.45, 7) is 2.05. The van der Waals surface area contributed by atoms with Crippen LogP contribution in [0.5, 0.6) is 5.75 Å². The van der Waals surface area contributed by atoms with Crippen LogP contribution in [0, 0.1) is 6.92 Å². The Morgan fingerprint density at radius 1 is 0.920 bits per heavy atom. The largest absolute Gasteiger partial charge is 0.497 e. The van der Waals surface area contributed by atoms with Gasteiger partial charge in [0.05, 0.1) is 7.11 Å². The first-order valence-corrected chi connectivity index (χ1v) is 8.17. The number of nitrogens with zero attached hydrogens (tertiary/aromatic N) is 4. The molecule has 124 valence electrons. The normalized spacial score (nSPS) is 11.0. The maximum Gasteiger partial charge on any atom is 0.185 e. The molecule has 2 aromatic heterocycles. The molecule has 2 aromatic carbocycles. The van der Waals surface area contributed by atoms with Gasteiger partial charge in [0.25, 0.3) is 0 Å². The molecule has 0 radical (unpaired) electrons. The Morgan fingerprint density at radius 3 is 2.28 bits per heavy atom. The van der Waals surface area contributed by atoms with Crippen molar-refractivity contribution < 1.29 is 4.74 Å². The van der Waals surface area contributed by atoms with E-state index in [1.54, 1.807) is 11.6 Å². The van der Waals surface area contributed by atoms with E-state index < -0.39 is 0 Å². The lowest BCUT2D eigenvalue weighted by atomic mass is 10.1. The highest BCUT2D eigenvalue weighted by atomic mass is 35.5. The highest BCUT2D eigenvalue weighted by molar-refractivity contribution is 6.32. The van der Waals surface area contributed by atoms with Crippen LogP contribution in [0.2, 0.25) is 5.15 Å². The topological polar surface area (TPSA) is 52.3 Å². The number of methoxy groups -OCH3 is 1. The first-order chi connectivity index (χ1) is 12.2. The van der Waals surface area contributed by atoms with Crippen molar-refractivity contribution in [3.63, 3.8) is 0 Å². The zero-order chi connectivity index (χ0) is 17.4. The van der Waals surface area contributed by atoms with E-state index in [0.717, 1.165) is 22.4 Å². The fourth-order valence-electron chi connectivity index (χ4n) is 2.67. The Balaban J connectivity index is 1.82. The van der Waals surface area contributed by atoms with Crippen molar-refractivity contribution in [2.75, 3.05) is 7.11 Å². The fourth-order valence-corrected chi connectivity index (χ4v) is 2.91. The molecule has 0 spiro atoms.